The van der Waals surface area contributed by atoms with Gasteiger partial charge in [-0.3, -0.25) is 14.2 Å². The van der Waals surface area contributed by atoms with Gasteiger partial charge >= 0.3 is 0 Å². The zero-order valence-electron chi connectivity index (χ0n) is 16.6. The number of para-hydroxylation sites is 1. The van der Waals surface area contributed by atoms with Crippen LogP contribution in [0.5, 0.6) is 0 Å². The zero-order valence-corrected chi connectivity index (χ0v) is 17.4. The van der Waals surface area contributed by atoms with Gasteiger partial charge in [0.1, 0.15) is 0 Å². The van der Waals surface area contributed by atoms with Gasteiger partial charge in [0.2, 0.25) is 5.91 Å². The van der Waals surface area contributed by atoms with Crippen molar-refractivity contribution in [2.45, 2.75) is 63.6 Å². The quantitative estimate of drug-likeness (QED) is 0.296. The maximum atomic E-state index is 13.1. The molecule has 0 aliphatic heterocycles. The number of hydrogen-bond acceptors (Lipinski definition) is 4. The summed E-state index contributed by atoms with van der Waals surface area (Å²) in [7, 11) is 0. The number of unbranched alkanes of at least 4 members (excludes halogenated alkanes) is 1. The molecule has 3 rings (SSSR count). The van der Waals surface area contributed by atoms with Crippen molar-refractivity contribution in [2.24, 2.45) is 0 Å². The molecule has 0 radical (unpaired) electrons. The number of nitrogens with zero attached hydrogens (tertiary/aromatic N) is 2. The van der Waals surface area contributed by atoms with Gasteiger partial charge in [0.15, 0.2) is 5.16 Å². The van der Waals surface area contributed by atoms with E-state index in [-0.39, 0.29) is 17.2 Å². The minimum absolute atomic E-state index is 0.0117. The smallest absolute Gasteiger partial charge is 0.262 e. The lowest BCUT2D eigenvalue weighted by Crippen LogP contribution is -2.27. The van der Waals surface area contributed by atoms with E-state index in [0.717, 1.165) is 32.1 Å². The van der Waals surface area contributed by atoms with Gasteiger partial charge < -0.3 is 5.32 Å². The molecule has 1 aliphatic carbocycles. The van der Waals surface area contributed by atoms with E-state index in [4.69, 9.17) is 4.98 Å². The molecule has 0 spiro atoms. The van der Waals surface area contributed by atoms with Gasteiger partial charge in [-0.2, -0.15) is 0 Å². The highest BCUT2D eigenvalue weighted by atomic mass is 32.2. The molecule has 1 aliphatic rings. The third-order valence-corrected chi connectivity index (χ3v) is 6.03. The maximum Gasteiger partial charge on any atom is 0.262 e. The highest BCUT2D eigenvalue weighted by Crippen LogP contribution is 2.23. The van der Waals surface area contributed by atoms with Gasteiger partial charge in [-0.1, -0.05) is 48.9 Å². The van der Waals surface area contributed by atoms with Crippen LogP contribution in [0.4, 0.5) is 0 Å². The lowest BCUT2D eigenvalue weighted by atomic mass is 9.97. The summed E-state index contributed by atoms with van der Waals surface area (Å²) in [5.74, 6) is 0.263. The Morgan fingerprint density at radius 2 is 2.14 bits per heavy atom. The van der Waals surface area contributed by atoms with Crippen molar-refractivity contribution in [3.8, 4) is 0 Å². The van der Waals surface area contributed by atoms with Crippen LogP contribution in [0.1, 0.15) is 51.9 Å². The topological polar surface area (TPSA) is 64.0 Å². The minimum Gasteiger partial charge on any atom is -0.355 e. The summed E-state index contributed by atoms with van der Waals surface area (Å²) in [6.07, 6.45) is 9.97. The summed E-state index contributed by atoms with van der Waals surface area (Å²) in [6, 6.07) is 7.44. The molecule has 1 heterocycles. The second-order valence-electron chi connectivity index (χ2n) is 7.22. The third-order valence-electron chi connectivity index (χ3n) is 5.05. The second kappa shape index (κ2) is 10.5. The van der Waals surface area contributed by atoms with Crippen molar-refractivity contribution in [1.29, 1.82) is 0 Å². The van der Waals surface area contributed by atoms with Gasteiger partial charge in [-0.05, 0) is 50.7 Å². The molecule has 1 aromatic carbocycles. The van der Waals surface area contributed by atoms with Crippen LogP contribution < -0.4 is 10.9 Å². The molecular formula is C22H29N3O2S. The number of amides is 1. The molecule has 1 amide bonds. The van der Waals surface area contributed by atoms with E-state index in [9.17, 15) is 9.59 Å². The first kappa shape index (κ1) is 20.6. The molecule has 2 aromatic rings. The number of allylic oxidation sites excluding steroid dienone is 2. The van der Waals surface area contributed by atoms with E-state index in [0.29, 0.717) is 29.1 Å². The number of hydrogen-bond donors (Lipinski definition) is 1. The zero-order chi connectivity index (χ0) is 19.8. The fourth-order valence-electron chi connectivity index (χ4n) is 3.43. The average molecular weight is 400 g/mol. The summed E-state index contributed by atoms with van der Waals surface area (Å²) < 4.78 is 1.75. The normalized spacial score (nSPS) is 14.1. The van der Waals surface area contributed by atoms with E-state index >= 15 is 0 Å². The van der Waals surface area contributed by atoms with Crippen LogP contribution in [0.25, 0.3) is 10.9 Å². The van der Waals surface area contributed by atoms with Gasteiger partial charge in [0, 0.05) is 13.1 Å². The van der Waals surface area contributed by atoms with Crippen LogP contribution >= 0.6 is 11.8 Å². The Morgan fingerprint density at radius 3 is 2.93 bits per heavy atom. The average Bonchev–Trinajstić information content (AvgIpc) is 2.73. The summed E-state index contributed by atoms with van der Waals surface area (Å²) in [5, 5.41) is 4.19. The van der Waals surface area contributed by atoms with E-state index < -0.39 is 0 Å². The molecule has 6 heteroatoms. The number of thioether (sulfide) groups is 1. The van der Waals surface area contributed by atoms with Crippen molar-refractivity contribution in [3.05, 3.63) is 46.3 Å². The lowest BCUT2D eigenvalue weighted by Gasteiger charge is -2.16. The molecule has 1 N–H and O–H groups in total. The van der Waals surface area contributed by atoms with Gasteiger partial charge in [0.25, 0.3) is 5.56 Å². The summed E-state index contributed by atoms with van der Waals surface area (Å²) in [6.45, 7) is 3.41. The number of fused-ring (bicyclic) bond motifs is 1. The molecule has 5 nitrogen and oxygen atoms in total. The fourth-order valence-corrected chi connectivity index (χ4v) is 4.28. The Kier molecular flexibility index (Phi) is 7.71. The van der Waals surface area contributed by atoms with Crippen LogP contribution in [0.15, 0.2) is 45.9 Å². The number of aromatic nitrogens is 2. The number of carbonyl (C=O) groups excluding carboxylic acids is 1. The first-order chi connectivity index (χ1) is 13.7. The SMILES string of the molecule is CCCCNC(=O)CSc1nc2ccccc2c(=O)n1CCC1=CCCCC1. The van der Waals surface area contributed by atoms with E-state index in [1.807, 2.05) is 24.3 Å². The van der Waals surface area contributed by atoms with E-state index in [1.165, 1.54) is 30.2 Å². The van der Waals surface area contributed by atoms with Crippen molar-refractivity contribution in [2.75, 3.05) is 12.3 Å². The van der Waals surface area contributed by atoms with Gasteiger partial charge in [0.05, 0.1) is 16.7 Å². The molecule has 28 heavy (non-hydrogen) atoms. The fraction of sp³-hybridized carbons (Fsp3) is 0.500. The van der Waals surface area contributed by atoms with Crippen molar-refractivity contribution in [1.82, 2.24) is 14.9 Å². The molecular weight excluding hydrogens is 370 g/mol. The Hall–Kier alpha value is -2.08. The maximum absolute atomic E-state index is 13.1. The number of rotatable bonds is 9. The summed E-state index contributed by atoms with van der Waals surface area (Å²) >= 11 is 1.35. The number of nitrogens with one attached hydrogen (secondary N) is 1. The van der Waals surface area contributed by atoms with E-state index in [2.05, 4.69) is 18.3 Å². The van der Waals surface area contributed by atoms with Crippen LogP contribution in [-0.4, -0.2) is 27.8 Å². The van der Waals surface area contributed by atoms with Gasteiger partial charge in [-0.25, -0.2) is 4.98 Å². The molecule has 150 valence electrons. The summed E-state index contributed by atoms with van der Waals surface area (Å²) in [5.41, 5.74) is 2.10. The molecule has 0 atom stereocenters. The molecule has 0 saturated carbocycles. The molecule has 0 fully saturated rings. The van der Waals surface area contributed by atoms with E-state index in [1.54, 1.807) is 4.57 Å². The van der Waals surface area contributed by atoms with Gasteiger partial charge in [-0.15, -0.1) is 0 Å². The first-order valence-electron chi connectivity index (χ1n) is 10.3. The summed E-state index contributed by atoms with van der Waals surface area (Å²) in [4.78, 5) is 29.9. The highest BCUT2D eigenvalue weighted by molar-refractivity contribution is 7.99. The third kappa shape index (κ3) is 5.47. The van der Waals surface area contributed by atoms with Crippen LogP contribution in [0.2, 0.25) is 0 Å². The molecule has 0 saturated heterocycles. The van der Waals surface area contributed by atoms with Crippen molar-refractivity contribution in [3.63, 3.8) is 0 Å². The molecule has 0 unspecified atom stereocenters. The first-order valence-corrected chi connectivity index (χ1v) is 11.2. The van der Waals surface area contributed by atoms with Crippen LogP contribution in [0, 0.1) is 0 Å². The minimum atomic E-state index is -0.0177. The Balaban J connectivity index is 1.79. The number of carbonyl (C=O) groups is 1. The highest BCUT2D eigenvalue weighted by Gasteiger charge is 2.14. The van der Waals surface area contributed by atoms with Crippen molar-refractivity contribution < 1.29 is 4.79 Å². The lowest BCUT2D eigenvalue weighted by molar-refractivity contribution is -0.118. The Morgan fingerprint density at radius 1 is 1.29 bits per heavy atom. The molecule has 1 aromatic heterocycles. The predicted molar refractivity (Wildman–Crippen MR) is 116 cm³/mol. The standard InChI is InChI=1S/C22H29N3O2S/c1-2-3-14-23-20(26)16-28-22-24-19-12-8-7-11-18(19)21(27)25(22)15-13-17-9-5-4-6-10-17/h7-9,11-12H,2-6,10,13-16H2,1H3,(H,23,26). The van der Waals surface area contributed by atoms with Crippen molar-refractivity contribution >= 4 is 28.6 Å². The van der Waals surface area contributed by atoms with Crippen LogP contribution in [-0.2, 0) is 11.3 Å². The number of benzene rings is 1. The largest absolute Gasteiger partial charge is 0.355 e. The predicted octanol–water partition coefficient (Wildman–Crippen LogP) is 4.30. The monoisotopic (exact) mass is 399 g/mol. The molecule has 0 bridgehead atoms. The Bertz CT molecular complexity index is 904. The second-order valence-corrected chi connectivity index (χ2v) is 8.16. The van der Waals surface area contributed by atoms with Crippen LogP contribution in [0.3, 0.4) is 0 Å². The Labute approximate surface area is 170 Å².